The van der Waals surface area contributed by atoms with Gasteiger partial charge in [0.05, 0.1) is 6.20 Å². The summed E-state index contributed by atoms with van der Waals surface area (Å²) in [5.41, 5.74) is 13.0. The molecule has 17 heavy (non-hydrogen) atoms. The van der Waals surface area contributed by atoms with E-state index in [0.29, 0.717) is 18.1 Å². The summed E-state index contributed by atoms with van der Waals surface area (Å²) in [5, 5.41) is 4.62. The number of halogens is 2. The van der Waals surface area contributed by atoms with Gasteiger partial charge in [-0.25, -0.2) is 9.50 Å². The maximum atomic E-state index is 6.07. The number of fused-ring (bicyclic) bond motifs is 1. The molecule has 4 N–H and O–H groups in total. The van der Waals surface area contributed by atoms with E-state index in [1.807, 2.05) is 6.92 Å². The van der Waals surface area contributed by atoms with Gasteiger partial charge in [-0.2, -0.15) is 5.10 Å². The molecule has 0 aliphatic rings. The summed E-state index contributed by atoms with van der Waals surface area (Å²) >= 11 is 8.15. The van der Waals surface area contributed by atoms with E-state index >= 15 is 0 Å². The summed E-state index contributed by atoms with van der Waals surface area (Å²) in [6.45, 7) is 2.31. The van der Waals surface area contributed by atoms with Crippen molar-refractivity contribution in [1.82, 2.24) is 14.6 Å². The molecule has 5 nitrogen and oxygen atoms in total. The summed E-state index contributed by atoms with van der Waals surface area (Å²) in [6.07, 6.45) is 2.36. The fourth-order valence-electron chi connectivity index (χ4n) is 1.61. The summed E-state index contributed by atoms with van der Waals surface area (Å²) in [6, 6.07) is 1.79. The molecule has 0 spiro atoms. The third kappa shape index (κ3) is 2.70. The first-order valence-electron chi connectivity index (χ1n) is 5.10. The minimum Gasteiger partial charge on any atom is -0.329 e. The van der Waals surface area contributed by atoms with Crippen LogP contribution in [0.2, 0.25) is 5.15 Å². The summed E-state index contributed by atoms with van der Waals surface area (Å²) in [7, 11) is 0. The fraction of sp³-hybridized carbons (Fsp3) is 0.400. The van der Waals surface area contributed by atoms with E-state index in [1.54, 1.807) is 16.8 Å². The molecular weight excluding hydrogens is 353 g/mol. The van der Waals surface area contributed by atoms with Crippen LogP contribution in [0.5, 0.6) is 0 Å². The second-order valence-electron chi connectivity index (χ2n) is 4.34. The molecule has 0 radical (unpaired) electrons. The van der Waals surface area contributed by atoms with Gasteiger partial charge in [-0.3, -0.25) is 0 Å². The average molecular weight is 366 g/mol. The molecule has 92 valence electrons. The highest BCUT2D eigenvalue weighted by molar-refractivity contribution is 14.1. The van der Waals surface area contributed by atoms with Crippen LogP contribution in [0.1, 0.15) is 12.5 Å². The van der Waals surface area contributed by atoms with E-state index < -0.39 is 5.54 Å². The van der Waals surface area contributed by atoms with E-state index in [0.717, 1.165) is 14.9 Å². The average Bonchev–Trinajstić information content (AvgIpc) is 2.60. The number of nitrogens with two attached hydrogens (primary N) is 2. The van der Waals surface area contributed by atoms with Gasteiger partial charge in [0, 0.05) is 17.6 Å². The van der Waals surface area contributed by atoms with Crippen molar-refractivity contribution in [2.24, 2.45) is 11.5 Å². The summed E-state index contributed by atoms with van der Waals surface area (Å²) in [5.74, 6) is 0. The van der Waals surface area contributed by atoms with Crippen LogP contribution in [0.15, 0.2) is 12.3 Å². The van der Waals surface area contributed by atoms with Crippen molar-refractivity contribution in [1.29, 1.82) is 0 Å². The Morgan fingerprint density at radius 3 is 2.94 bits per heavy atom. The van der Waals surface area contributed by atoms with E-state index in [4.69, 9.17) is 23.1 Å². The van der Waals surface area contributed by atoms with Crippen LogP contribution in [0.25, 0.3) is 5.65 Å². The Morgan fingerprint density at radius 2 is 2.29 bits per heavy atom. The van der Waals surface area contributed by atoms with E-state index in [2.05, 4.69) is 32.7 Å². The lowest BCUT2D eigenvalue weighted by atomic mass is 9.95. The molecule has 1 atom stereocenters. The Bertz CT molecular complexity index is 551. The van der Waals surface area contributed by atoms with Gasteiger partial charge in [-0.1, -0.05) is 11.6 Å². The summed E-state index contributed by atoms with van der Waals surface area (Å²) in [4.78, 5) is 4.32. The van der Waals surface area contributed by atoms with Gasteiger partial charge < -0.3 is 11.5 Å². The normalized spacial score (nSPS) is 15.1. The quantitative estimate of drug-likeness (QED) is 0.801. The molecule has 2 heterocycles. The van der Waals surface area contributed by atoms with Gasteiger partial charge in [0.1, 0.15) is 8.85 Å². The highest BCUT2D eigenvalue weighted by atomic mass is 127. The molecule has 0 amide bonds. The highest BCUT2D eigenvalue weighted by Crippen LogP contribution is 2.20. The first-order valence-corrected chi connectivity index (χ1v) is 6.56. The standard InChI is InChI=1S/C10H13ClIN5/c1-10(14,5-13)3-6-2-7(11)16-17-8(12)4-15-9(6)17/h2,4H,3,5,13-14H2,1H3. The lowest BCUT2D eigenvalue weighted by Gasteiger charge is -2.22. The monoisotopic (exact) mass is 365 g/mol. The van der Waals surface area contributed by atoms with Crippen molar-refractivity contribution in [3.63, 3.8) is 0 Å². The predicted molar refractivity (Wildman–Crippen MR) is 76.1 cm³/mol. The first kappa shape index (κ1) is 13.0. The largest absolute Gasteiger partial charge is 0.329 e. The van der Waals surface area contributed by atoms with Crippen molar-refractivity contribution < 1.29 is 0 Å². The van der Waals surface area contributed by atoms with Gasteiger partial charge >= 0.3 is 0 Å². The number of aromatic nitrogens is 3. The van der Waals surface area contributed by atoms with Crippen LogP contribution in [0.4, 0.5) is 0 Å². The van der Waals surface area contributed by atoms with Gasteiger partial charge in [0.15, 0.2) is 5.65 Å². The molecule has 7 heteroatoms. The number of nitrogens with zero attached hydrogens (tertiary/aromatic N) is 3. The molecule has 0 bridgehead atoms. The Balaban J connectivity index is 2.53. The van der Waals surface area contributed by atoms with Gasteiger partial charge in [-0.15, -0.1) is 0 Å². The minimum atomic E-state index is -0.470. The van der Waals surface area contributed by atoms with Crippen molar-refractivity contribution in [2.75, 3.05) is 6.54 Å². The molecule has 0 fully saturated rings. The maximum absolute atomic E-state index is 6.07. The third-order valence-corrected chi connectivity index (χ3v) is 3.45. The Labute approximate surface area is 118 Å². The fourth-order valence-corrected chi connectivity index (χ4v) is 2.29. The topological polar surface area (TPSA) is 82.2 Å². The Morgan fingerprint density at radius 1 is 1.59 bits per heavy atom. The molecule has 0 aliphatic heterocycles. The minimum absolute atomic E-state index is 0.400. The molecule has 2 rings (SSSR count). The highest BCUT2D eigenvalue weighted by Gasteiger charge is 2.20. The molecule has 2 aromatic heterocycles. The molecule has 0 saturated carbocycles. The Kier molecular flexibility index (Phi) is 3.58. The zero-order chi connectivity index (χ0) is 12.6. The smallest absolute Gasteiger partial charge is 0.158 e. The molecule has 2 aromatic rings. The van der Waals surface area contributed by atoms with Crippen LogP contribution >= 0.6 is 34.2 Å². The van der Waals surface area contributed by atoms with Gasteiger partial charge in [0.2, 0.25) is 0 Å². The molecule has 0 saturated heterocycles. The van der Waals surface area contributed by atoms with Gasteiger partial charge in [-0.05, 0) is 42.0 Å². The van der Waals surface area contributed by atoms with Crippen LogP contribution < -0.4 is 11.5 Å². The van der Waals surface area contributed by atoms with Crippen LogP contribution in [0.3, 0.4) is 0 Å². The van der Waals surface area contributed by atoms with E-state index in [9.17, 15) is 0 Å². The molecular formula is C10H13ClIN5. The Hall–Kier alpha value is -0.440. The summed E-state index contributed by atoms with van der Waals surface area (Å²) < 4.78 is 2.62. The van der Waals surface area contributed by atoms with Crippen molar-refractivity contribution in [3.05, 3.63) is 26.7 Å². The second kappa shape index (κ2) is 4.68. The van der Waals surface area contributed by atoms with Crippen LogP contribution in [-0.4, -0.2) is 26.7 Å². The van der Waals surface area contributed by atoms with E-state index in [1.165, 1.54) is 0 Å². The zero-order valence-electron chi connectivity index (χ0n) is 9.32. The number of hydrogen-bond donors (Lipinski definition) is 2. The number of imidazole rings is 1. The lowest BCUT2D eigenvalue weighted by Crippen LogP contribution is -2.46. The predicted octanol–water partition coefficient (Wildman–Crippen LogP) is 1.21. The number of hydrogen-bond acceptors (Lipinski definition) is 4. The van der Waals surface area contributed by atoms with E-state index in [-0.39, 0.29) is 0 Å². The van der Waals surface area contributed by atoms with Crippen LogP contribution in [-0.2, 0) is 6.42 Å². The number of rotatable bonds is 3. The third-order valence-electron chi connectivity index (χ3n) is 2.53. The molecule has 0 aromatic carbocycles. The maximum Gasteiger partial charge on any atom is 0.158 e. The second-order valence-corrected chi connectivity index (χ2v) is 5.84. The molecule has 1 unspecified atom stereocenters. The lowest BCUT2D eigenvalue weighted by molar-refractivity contribution is 0.478. The zero-order valence-corrected chi connectivity index (χ0v) is 12.2. The van der Waals surface area contributed by atoms with Crippen LogP contribution in [0, 0.1) is 3.70 Å². The van der Waals surface area contributed by atoms with Gasteiger partial charge in [0.25, 0.3) is 0 Å². The van der Waals surface area contributed by atoms with Crippen molar-refractivity contribution in [3.8, 4) is 0 Å². The molecule has 0 aliphatic carbocycles. The van der Waals surface area contributed by atoms with Crippen molar-refractivity contribution >= 4 is 39.8 Å². The first-order chi connectivity index (χ1) is 7.93. The SMILES string of the molecule is CC(N)(CN)Cc1cc(Cl)nn2c(I)cnc12. The van der Waals surface area contributed by atoms with Crippen molar-refractivity contribution in [2.45, 2.75) is 18.9 Å².